The van der Waals surface area contributed by atoms with Crippen molar-refractivity contribution in [1.82, 2.24) is 0 Å². The highest BCUT2D eigenvalue weighted by Gasteiger charge is 2.45. The van der Waals surface area contributed by atoms with Crippen LogP contribution in [-0.4, -0.2) is 11.5 Å². The third-order valence-corrected chi connectivity index (χ3v) is 8.67. The Bertz CT molecular complexity index is 1220. The van der Waals surface area contributed by atoms with Crippen LogP contribution >= 0.6 is 23.1 Å². The summed E-state index contributed by atoms with van der Waals surface area (Å²) in [5, 5.41) is 10.2. The molecule has 0 bridgehead atoms. The zero-order valence-electron chi connectivity index (χ0n) is 19.4. The molecule has 0 amide bonds. The second kappa shape index (κ2) is 9.00. The molecule has 7 heteroatoms. The van der Waals surface area contributed by atoms with Crippen molar-refractivity contribution in [2.75, 3.05) is 10.7 Å². The molecular weight excluding hydrogens is 453 g/mol. The van der Waals surface area contributed by atoms with E-state index in [1.807, 2.05) is 13.8 Å². The maximum absolute atomic E-state index is 14.9. The SMILES string of the molecule is CCSc1sc(CC)cc1C1C(C#N)=C(N)N(c2ccccc2F)C2=C1C(=O)CC(C)(C)C2. The number of anilines is 1. The number of hydrogen-bond donors (Lipinski definition) is 1. The number of nitrogens with two attached hydrogens (primary N) is 1. The van der Waals surface area contributed by atoms with Crippen molar-refractivity contribution in [2.45, 2.75) is 57.1 Å². The lowest BCUT2D eigenvalue weighted by atomic mass is 9.69. The fourth-order valence-electron chi connectivity index (χ4n) is 4.79. The minimum atomic E-state index is -0.526. The topological polar surface area (TPSA) is 70.1 Å². The van der Waals surface area contributed by atoms with Crippen LogP contribution in [0.15, 0.2) is 57.2 Å². The Hall–Kier alpha value is -2.56. The van der Waals surface area contributed by atoms with Crippen molar-refractivity contribution in [1.29, 1.82) is 5.26 Å². The van der Waals surface area contributed by atoms with E-state index in [0.717, 1.165) is 21.9 Å². The van der Waals surface area contributed by atoms with Crippen LogP contribution in [0.1, 0.15) is 56.9 Å². The van der Waals surface area contributed by atoms with Gasteiger partial charge in [-0.3, -0.25) is 9.69 Å². The fourth-order valence-corrected chi connectivity index (χ4v) is 7.17. The minimum absolute atomic E-state index is 0.00420. The Morgan fingerprint density at radius 3 is 2.67 bits per heavy atom. The van der Waals surface area contributed by atoms with Gasteiger partial charge in [0.1, 0.15) is 11.6 Å². The van der Waals surface area contributed by atoms with Crippen LogP contribution in [0.5, 0.6) is 0 Å². The lowest BCUT2D eigenvalue weighted by Crippen LogP contribution is -2.42. The molecule has 2 N–H and O–H groups in total. The summed E-state index contributed by atoms with van der Waals surface area (Å²) in [6.45, 7) is 8.28. The van der Waals surface area contributed by atoms with Crippen LogP contribution < -0.4 is 10.6 Å². The Kier molecular flexibility index (Phi) is 6.43. The van der Waals surface area contributed by atoms with Crippen LogP contribution in [0.25, 0.3) is 0 Å². The Morgan fingerprint density at radius 1 is 1.30 bits per heavy atom. The van der Waals surface area contributed by atoms with Gasteiger partial charge in [0, 0.05) is 22.6 Å². The third-order valence-electron chi connectivity index (χ3n) is 6.19. The molecule has 1 aliphatic heterocycles. The average molecular weight is 482 g/mol. The van der Waals surface area contributed by atoms with Gasteiger partial charge in [-0.1, -0.05) is 39.8 Å². The fraction of sp³-hybridized carbons (Fsp3) is 0.385. The number of carbonyl (C=O) groups excluding carboxylic acids is 1. The number of nitriles is 1. The number of nitrogens with zero attached hydrogens (tertiary/aromatic N) is 2. The first kappa shape index (κ1) is 23.6. The van der Waals surface area contributed by atoms with E-state index < -0.39 is 11.7 Å². The van der Waals surface area contributed by atoms with Crippen molar-refractivity contribution >= 4 is 34.6 Å². The highest BCUT2D eigenvalue weighted by molar-refractivity contribution is 8.01. The van der Waals surface area contributed by atoms with E-state index in [2.05, 4.69) is 26.0 Å². The molecule has 1 aromatic carbocycles. The van der Waals surface area contributed by atoms with Gasteiger partial charge in [0.15, 0.2) is 5.78 Å². The number of halogens is 1. The van der Waals surface area contributed by atoms with Crippen molar-refractivity contribution in [3.63, 3.8) is 0 Å². The maximum atomic E-state index is 14.9. The molecule has 0 fully saturated rings. The van der Waals surface area contributed by atoms with E-state index in [0.29, 0.717) is 29.7 Å². The standard InChI is InChI=1S/C26H28FN3OS2/c1-5-15-11-16(25(33-15)32-6-2)22-17(14-28)24(29)30(19-10-8-7-9-18(19)27)20-12-26(3,4)13-21(31)23(20)22/h7-11,22H,5-6,12-13,29H2,1-4H3. The Balaban J connectivity index is 2.03. The molecule has 2 aliphatic rings. The lowest BCUT2D eigenvalue weighted by Gasteiger charge is -2.43. The van der Waals surface area contributed by atoms with Crippen molar-refractivity contribution in [3.05, 3.63) is 69.3 Å². The molecule has 2 heterocycles. The highest BCUT2D eigenvalue weighted by atomic mass is 32.2. The van der Waals surface area contributed by atoms with E-state index in [9.17, 15) is 14.4 Å². The summed E-state index contributed by atoms with van der Waals surface area (Å²) in [6.07, 6.45) is 1.83. The number of Topliss-reactive ketones (excluding diaryl/α,β-unsaturated/α-hetero) is 1. The van der Waals surface area contributed by atoms with Crippen LogP contribution in [0.4, 0.5) is 10.1 Å². The van der Waals surface area contributed by atoms with Gasteiger partial charge in [0.05, 0.1) is 27.5 Å². The van der Waals surface area contributed by atoms with Crippen molar-refractivity contribution < 1.29 is 9.18 Å². The average Bonchev–Trinajstić information content (AvgIpc) is 3.16. The summed E-state index contributed by atoms with van der Waals surface area (Å²) < 4.78 is 16.1. The number of benzene rings is 1. The molecule has 4 rings (SSSR count). The van der Waals surface area contributed by atoms with Crippen LogP contribution in [0, 0.1) is 22.6 Å². The summed E-state index contributed by atoms with van der Waals surface area (Å²) in [5.74, 6) is 0.129. The van der Waals surface area contributed by atoms with E-state index in [1.165, 1.54) is 10.9 Å². The summed E-state index contributed by atoms with van der Waals surface area (Å²) in [6, 6.07) is 10.8. The number of aryl methyl sites for hydroxylation is 1. The number of rotatable bonds is 5. The van der Waals surface area contributed by atoms with Gasteiger partial charge in [-0.15, -0.1) is 23.1 Å². The molecule has 0 saturated heterocycles. The number of hydrogen-bond acceptors (Lipinski definition) is 6. The Labute approximate surface area is 203 Å². The van der Waals surface area contributed by atoms with Gasteiger partial charge in [0.2, 0.25) is 0 Å². The summed E-state index contributed by atoms with van der Waals surface area (Å²) >= 11 is 3.44. The predicted molar refractivity (Wildman–Crippen MR) is 134 cm³/mol. The Morgan fingerprint density at radius 2 is 2.03 bits per heavy atom. The van der Waals surface area contributed by atoms with E-state index in [1.54, 1.807) is 46.2 Å². The normalized spacial score (nSPS) is 20.2. The van der Waals surface area contributed by atoms with E-state index >= 15 is 0 Å². The zero-order chi connectivity index (χ0) is 23.9. The monoisotopic (exact) mass is 481 g/mol. The van der Waals surface area contributed by atoms with Gasteiger partial charge in [-0.25, -0.2) is 4.39 Å². The number of allylic oxidation sites excluding steroid dienone is 3. The van der Waals surface area contributed by atoms with Gasteiger partial charge in [0.25, 0.3) is 0 Å². The highest BCUT2D eigenvalue weighted by Crippen LogP contribution is 2.52. The number of ketones is 1. The smallest absolute Gasteiger partial charge is 0.162 e. The van der Waals surface area contributed by atoms with Crippen LogP contribution in [-0.2, 0) is 11.2 Å². The first-order valence-corrected chi connectivity index (χ1v) is 13.0. The molecule has 172 valence electrons. The predicted octanol–water partition coefficient (Wildman–Crippen LogP) is 6.50. The zero-order valence-corrected chi connectivity index (χ0v) is 21.0. The third kappa shape index (κ3) is 4.11. The summed E-state index contributed by atoms with van der Waals surface area (Å²) in [7, 11) is 0. The molecule has 0 spiro atoms. The lowest BCUT2D eigenvalue weighted by molar-refractivity contribution is -0.118. The first-order chi connectivity index (χ1) is 15.7. The van der Waals surface area contributed by atoms with Crippen LogP contribution in [0.2, 0.25) is 0 Å². The van der Waals surface area contributed by atoms with Crippen LogP contribution in [0.3, 0.4) is 0 Å². The second-order valence-corrected chi connectivity index (χ2v) is 11.8. The molecule has 1 aliphatic carbocycles. The summed E-state index contributed by atoms with van der Waals surface area (Å²) in [5.41, 5.74) is 9.18. The molecule has 0 saturated carbocycles. The molecule has 33 heavy (non-hydrogen) atoms. The van der Waals surface area contributed by atoms with Gasteiger partial charge < -0.3 is 5.73 Å². The quantitative estimate of drug-likeness (QED) is 0.494. The number of carbonyl (C=O) groups is 1. The van der Waals surface area contributed by atoms with Gasteiger partial charge in [-0.2, -0.15) is 5.26 Å². The van der Waals surface area contributed by atoms with Gasteiger partial charge in [-0.05, 0) is 47.8 Å². The molecule has 0 radical (unpaired) electrons. The van der Waals surface area contributed by atoms with Crippen molar-refractivity contribution in [2.24, 2.45) is 11.1 Å². The molecule has 1 aromatic heterocycles. The minimum Gasteiger partial charge on any atom is -0.384 e. The van der Waals surface area contributed by atoms with E-state index in [4.69, 9.17) is 5.73 Å². The summed E-state index contributed by atoms with van der Waals surface area (Å²) in [4.78, 5) is 16.5. The molecule has 4 nitrogen and oxygen atoms in total. The first-order valence-electron chi connectivity index (χ1n) is 11.2. The number of thioether (sulfide) groups is 1. The van der Waals surface area contributed by atoms with E-state index in [-0.39, 0.29) is 22.7 Å². The maximum Gasteiger partial charge on any atom is 0.162 e. The second-order valence-electron chi connectivity index (χ2n) is 9.17. The molecule has 1 atom stereocenters. The largest absolute Gasteiger partial charge is 0.384 e. The molecular formula is C26H28FN3OS2. The van der Waals surface area contributed by atoms with Gasteiger partial charge >= 0.3 is 0 Å². The van der Waals surface area contributed by atoms with Crippen molar-refractivity contribution in [3.8, 4) is 6.07 Å². The molecule has 1 unspecified atom stereocenters. The number of para-hydroxylation sites is 1. The number of thiophene rings is 1. The molecule has 2 aromatic rings.